The van der Waals surface area contributed by atoms with Crippen LogP contribution in [0.15, 0.2) is 18.3 Å². The first-order chi connectivity index (χ1) is 9.00. The van der Waals surface area contributed by atoms with Gasteiger partial charge in [-0.25, -0.2) is 4.79 Å². The molecule has 1 unspecified atom stereocenters. The van der Waals surface area contributed by atoms with Crippen LogP contribution in [0.3, 0.4) is 0 Å². The minimum atomic E-state index is -0.839. The van der Waals surface area contributed by atoms with Gasteiger partial charge in [0, 0.05) is 6.20 Å². The minimum absolute atomic E-state index is 0.00894. The quantitative estimate of drug-likeness (QED) is 0.792. The summed E-state index contributed by atoms with van der Waals surface area (Å²) in [5, 5.41) is 9.70. The van der Waals surface area contributed by atoms with Gasteiger partial charge in [0.05, 0.1) is 12.2 Å². The van der Waals surface area contributed by atoms with Crippen molar-refractivity contribution in [2.24, 2.45) is 11.8 Å². The van der Waals surface area contributed by atoms with E-state index in [0.29, 0.717) is 5.69 Å². The number of amides is 4. The zero-order chi connectivity index (χ0) is 14.0. The van der Waals surface area contributed by atoms with E-state index in [1.54, 1.807) is 26.0 Å². The number of nitrogens with one attached hydrogen (secondary N) is 1. The Morgan fingerprint density at radius 3 is 2.68 bits per heavy atom. The molecule has 19 heavy (non-hydrogen) atoms. The molecule has 0 bridgehead atoms. The highest BCUT2D eigenvalue weighted by molar-refractivity contribution is 6.16. The Morgan fingerprint density at radius 2 is 2.11 bits per heavy atom. The average molecular weight is 262 g/mol. The van der Waals surface area contributed by atoms with E-state index in [1.165, 1.54) is 6.20 Å². The van der Waals surface area contributed by atoms with E-state index in [1.807, 2.05) is 0 Å². The second kappa shape index (κ2) is 5.13. The number of hydrogen-bond acceptors (Lipinski definition) is 5. The van der Waals surface area contributed by atoms with Crippen molar-refractivity contribution < 1.29 is 14.4 Å². The maximum atomic E-state index is 12.2. The van der Waals surface area contributed by atoms with Crippen molar-refractivity contribution in [3.63, 3.8) is 0 Å². The van der Waals surface area contributed by atoms with Gasteiger partial charge in [0.25, 0.3) is 0 Å². The smallest absolute Gasteiger partial charge is 0.277 e. The molecule has 0 aromatic carbocycles. The van der Waals surface area contributed by atoms with Gasteiger partial charge >= 0.3 is 6.03 Å². The number of barbiturate groups is 1. The van der Waals surface area contributed by atoms with Crippen LogP contribution in [-0.4, -0.2) is 32.9 Å². The number of aromatic nitrogens is 2. The molecule has 1 atom stereocenters. The number of carbonyl (C=O) groups is 3. The van der Waals surface area contributed by atoms with Crippen molar-refractivity contribution in [1.82, 2.24) is 20.4 Å². The largest absolute Gasteiger partial charge is 0.331 e. The van der Waals surface area contributed by atoms with Crippen LogP contribution in [0.4, 0.5) is 4.79 Å². The van der Waals surface area contributed by atoms with Gasteiger partial charge in [0.1, 0.15) is 5.92 Å². The third-order valence-corrected chi connectivity index (χ3v) is 2.90. The second-order valence-electron chi connectivity index (χ2n) is 4.66. The molecule has 1 N–H and O–H groups in total. The molecular weight excluding hydrogens is 248 g/mol. The molecule has 1 aliphatic heterocycles. The van der Waals surface area contributed by atoms with E-state index in [0.717, 1.165) is 4.90 Å². The molecule has 1 fully saturated rings. The lowest BCUT2D eigenvalue weighted by Crippen LogP contribution is -2.58. The number of nitrogens with zero attached hydrogens (tertiary/aromatic N) is 3. The summed E-state index contributed by atoms with van der Waals surface area (Å²) in [5.41, 5.74) is 0.489. The molecular formula is C12H14N4O3. The fourth-order valence-corrected chi connectivity index (χ4v) is 1.95. The van der Waals surface area contributed by atoms with E-state index in [-0.39, 0.29) is 12.5 Å². The van der Waals surface area contributed by atoms with Gasteiger partial charge in [-0.2, -0.15) is 10.2 Å². The first-order valence-corrected chi connectivity index (χ1v) is 5.93. The van der Waals surface area contributed by atoms with Gasteiger partial charge in [-0.15, -0.1) is 0 Å². The van der Waals surface area contributed by atoms with Gasteiger partial charge in [0.15, 0.2) is 0 Å². The van der Waals surface area contributed by atoms with Crippen LogP contribution in [0.5, 0.6) is 0 Å². The Balaban J connectivity index is 2.22. The Labute approximate surface area is 110 Å². The molecule has 0 saturated carbocycles. The molecule has 1 saturated heterocycles. The van der Waals surface area contributed by atoms with Gasteiger partial charge in [0.2, 0.25) is 11.8 Å². The number of urea groups is 1. The molecule has 1 aromatic heterocycles. The Bertz CT molecular complexity index is 515. The first-order valence-electron chi connectivity index (χ1n) is 5.93. The predicted molar refractivity (Wildman–Crippen MR) is 64.4 cm³/mol. The molecule has 1 aliphatic rings. The van der Waals surface area contributed by atoms with Crippen LogP contribution in [0, 0.1) is 11.8 Å². The van der Waals surface area contributed by atoms with Gasteiger partial charge in [-0.1, -0.05) is 13.8 Å². The highest BCUT2D eigenvalue weighted by Gasteiger charge is 2.42. The number of carbonyl (C=O) groups excluding carboxylic acids is 3. The summed E-state index contributed by atoms with van der Waals surface area (Å²) in [6, 6.07) is 2.62. The Hall–Kier alpha value is -2.31. The zero-order valence-electron chi connectivity index (χ0n) is 10.7. The van der Waals surface area contributed by atoms with Gasteiger partial charge in [-0.05, 0) is 18.1 Å². The Kier molecular flexibility index (Phi) is 3.55. The first kappa shape index (κ1) is 13.1. The highest BCUT2D eigenvalue weighted by Crippen LogP contribution is 2.20. The van der Waals surface area contributed by atoms with Crippen LogP contribution in [0.2, 0.25) is 0 Å². The summed E-state index contributed by atoms with van der Waals surface area (Å²) < 4.78 is 0. The molecule has 0 spiro atoms. The maximum Gasteiger partial charge on any atom is 0.331 e. The van der Waals surface area contributed by atoms with Crippen LogP contribution >= 0.6 is 0 Å². The summed E-state index contributed by atoms with van der Waals surface area (Å²) >= 11 is 0. The van der Waals surface area contributed by atoms with Gasteiger partial charge < -0.3 is 0 Å². The van der Waals surface area contributed by atoms with Crippen LogP contribution in [0.25, 0.3) is 0 Å². The lowest BCUT2D eigenvalue weighted by molar-refractivity contribution is -0.144. The molecule has 2 heterocycles. The molecule has 2 rings (SSSR count). The molecule has 0 aliphatic carbocycles. The number of imide groups is 2. The van der Waals surface area contributed by atoms with E-state index in [2.05, 4.69) is 15.5 Å². The third-order valence-electron chi connectivity index (χ3n) is 2.90. The average Bonchev–Trinajstić information content (AvgIpc) is 2.35. The van der Waals surface area contributed by atoms with Crippen LogP contribution in [-0.2, 0) is 16.1 Å². The standard InChI is InChI=1S/C12H14N4O3/c1-7(2)9-10(17)14-12(19)16(11(9)18)6-8-4-3-5-13-15-8/h3-5,7,9H,6H2,1-2H3,(H,14,17,19). The Morgan fingerprint density at radius 1 is 1.37 bits per heavy atom. The molecule has 7 heteroatoms. The SMILES string of the molecule is CC(C)C1C(=O)NC(=O)N(Cc2cccnn2)C1=O. The van der Waals surface area contributed by atoms with Crippen molar-refractivity contribution in [1.29, 1.82) is 0 Å². The van der Waals surface area contributed by atoms with Crippen LogP contribution < -0.4 is 5.32 Å². The maximum absolute atomic E-state index is 12.2. The van der Waals surface area contributed by atoms with Crippen molar-refractivity contribution in [3.8, 4) is 0 Å². The molecule has 1 aromatic rings. The molecule has 7 nitrogen and oxygen atoms in total. The fourth-order valence-electron chi connectivity index (χ4n) is 1.95. The topological polar surface area (TPSA) is 92.3 Å². The highest BCUT2D eigenvalue weighted by atomic mass is 16.2. The lowest BCUT2D eigenvalue weighted by Gasteiger charge is -2.31. The van der Waals surface area contributed by atoms with E-state index in [9.17, 15) is 14.4 Å². The third kappa shape index (κ3) is 2.59. The number of hydrogen-bond donors (Lipinski definition) is 1. The van der Waals surface area contributed by atoms with Crippen molar-refractivity contribution in [2.45, 2.75) is 20.4 Å². The molecule has 0 radical (unpaired) electrons. The number of rotatable bonds is 3. The summed E-state index contributed by atoms with van der Waals surface area (Å²) in [5.74, 6) is -2.05. The summed E-state index contributed by atoms with van der Waals surface area (Å²) in [6.45, 7) is 3.53. The monoisotopic (exact) mass is 262 g/mol. The molecule has 100 valence electrons. The van der Waals surface area contributed by atoms with Crippen LogP contribution in [0.1, 0.15) is 19.5 Å². The zero-order valence-corrected chi connectivity index (χ0v) is 10.7. The summed E-state index contributed by atoms with van der Waals surface area (Å²) in [7, 11) is 0. The van der Waals surface area contributed by atoms with Gasteiger partial charge in [-0.3, -0.25) is 19.8 Å². The normalized spacial score (nSPS) is 19.8. The van der Waals surface area contributed by atoms with E-state index >= 15 is 0 Å². The lowest BCUT2D eigenvalue weighted by atomic mass is 9.92. The van der Waals surface area contributed by atoms with Crippen molar-refractivity contribution in [2.75, 3.05) is 0 Å². The minimum Gasteiger partial charge on any atom is -0.277 e. The summed E-state index contributed by atoms with van der Waals surface area (Å²) in [6.07, 6.45) is 1.50. The van der Waals surface area contributed by atoms with Crippen molar-refractivity contribution >= 4 is 17.8 Å². The van der Waals surface area contributed by atoms with E-state index < -0.39 is 23.8 Å². The fraction of sp³-hybridized carbons (Fsp3) is 0.417. The summed E-state index contributed by atoms with van der Waals surface area (Å²) in [4.78, 5) is 36.5. The van der Waals surface area contributed by atoms with E-state index in [4.69, 9.17) is 0 Å². The predicted octanol–water partition coefficient (Wildman–Crippen LogP) is 0.327. The molecule has 4 amide bonds. The second-order valence-corrected chi connectivity index (χ2v) is 4.66. The van der Waals surface area contributed by atoms with Crippen molar-refractivity contribution in [3.05, 3.63) is 24.0 Å².